The summed E-state index contributed by atoms with van der Waals surface area (Å²) < 4.78 is 23.6. The standard InChI is InChI=1S/C10H18FNO3/c1-5-14-8(12)10(11,7(3)4)9(13)15-6-2/h7,12H,5-6H2,1-4H3/t10-/m0/s1. The lowest BCUT2D eigenvalue weighted by atomic mass is 9.92. The number of alkyl halides is 1. The summed E-state index contributed by atoms with van der Waals surface area (Å²) in [4.78, 5) is 11.4. The Labute approximate surface area is 89.3 Å². The van der Waals surface area contributed by atoms with E-state index in [1.807, 2.05) is 0 Å². The Bertz CT molecular complexity index is 223. The van der Waals surface area contributed by atoms with Crippen molar-refractivity contribution in [1.82, 2.24) is 0 Å². The van der Waals surface area contributed by atoms with Crippen molar-refractivity contribution in [2.75, 3.05) is 13.2 Å². The zero-order valence-electron chi connectivity index (χ0n) is 9.59. The van der Waals surface area contributed by atoms with Crippen LogP contribution in [0, 0.1) is 11.3 Å². The van der Waals surface area contributed by atoms with Gasteiger partial charge in [-0.1, -0.05) is 13.8 Å². The molecule has 0 saturated heterocycles. The van der Waals surface area contributed by atoms with Gasteiger partial charge in [-0.3, -0.25) is 5.41 Å². The average molecular weight is 219 g/mol. The normalized spacial score (nSPS) is 14.5. The summed E-state index contributed by atoms with van der Waals surface area (Å²) in [6, 6.07) is 0. The Morgan fingerprint density at radius 3 is 2.13 bits per heavy atom. The molecule has 0 aromatic heterocycles. The Morgan fingerprint density at radius 2 is 1.80 bits per heavy atom. The Morgan fingerprint density at radius 1 is 1.33 bits per heavy atom. The maximum atomic E-state index is 14.3. The summed E-state index contributed by atoms with van der Waals surface area (Å²) in [6.07, 6.45) is 0. The van der Waals surface area contributed by atoms with Gasteiger partial charge in [-0.2, -0.15) is 0 Å². The highest BCUT2D eigenvalue weighted by Gasteiger charge is 2.49. The first-order valence-electron chi connectivity index (χ1n) is 4.99. The van der Waals surface area contributed by atoms with Crippen molar-refractivity contribution in [2.45, 2.75) is 33.4 Å². The minimum Gasteiger partial charge on any atom is -0.479 e. The first-order chi connectivity index (χ1) is 6.91. The summed E-state index contributed by atoms with van der Waals surface area (Å²) in [5.74, 6) is -2.44. The van der Waals surface area contributed by atoms with Crippen molar-refractivity contribution in [1.29, 1.82) is 5.41 Å². The van der Waals surface area contributed by atoms with Crippen molar-refractivity contribution < 1.29 is 18.7 Å². The van der Waals surface area contributed by atoms with E-state index < -0.39 is 23.5 Å². The van der Waals surface area contributed by atoms with Crippen molar-refractivity contribution >= 4 is 11.9 Å². The van der Waals surface area contributed by atoms with Crippen LogP contribution in [0.5, 0.6) is 0 Å². The third-order valence-electron chi connectivity index (χ3n) is 1.99. The monoisotopic (exact) mass is 219 g/mol. The predicted molar refractivity (Wildman–Crippen MR) is 54.7 cm³/mol. The molecule has 4 nitrogen and oxygen atoms in total. The number of esters is 1. The van der Waals surface area contributed by atoms with Crippen LogP contribution in [0.4, 0.5) is 4.39 Å². The molecule has 0 rings (SSSR count). The smallest absolute Gasteiger partial charge is 0.354 e. The molecule has 1 atom stereocenters. The number of halogens is 1. The summed E-state index contributed by atoms with van der Waals surface area (Å²) in [6.45, 7) is 6.45. The molecule has 0 amide bonds. The van der Waals surface area contributed by atoms with Crippen LogP contribution < -0.4 is 0 Å². The fourth-order valence-electron chi connectivity index (χ4n) is 1.08. The molecule has 0 spiro atoms. The van der Waals surface area contributed by atoms with E-state index >= 15 is 0 Å². The highest BCUT2D eigenvalue weighted by molar-refractivity contribution is 6.05. The van der Waals surface area contributed by atoms with Crippen LogP contribution in [0.15, 0.2) is 0 Å². The van der Waals surface area contributed by atoms with Gasteiger partial charge in [0.05, 0.1) is 13.2 Å². The third-order valence-corrected chi connectivity index (χ3v) is 1.99. The van der Waals surface area contributed by atoms with Crippen LogP contribution in [0.25, 0.3) is 0 Å². The lowest BCUT2D eigenvalue weighted by Crippen LogP contribution is -2.48. The fourth-order valence-corrected chi connectivity index (χ4v) is 1.08. The van der Waals surface area contributed by atoms with E-state index in [4.69, 9.17) is 10.1 Å². The Kier molecular flexibility index (Phi) is 5.25. The van der Waals surface area contributed by atoms with Crippen LogP contribution >= 0.6 is 0 Å². The van der Waals surface area contributed by atoms with E-state index in [2.05, 4.69) is 4.74 Å². The van der Waals surface area contributed by atoms with Crippen LogP contribution in [-0.4, -0.2) is 30.7 Å². The lowest BCUT2D eigenvalue weighted by Gasteiger charge is -2.26. The van der Waals surface area contributed by atoms with Crippen LogP contribution in [-0.2, 0) is 14.3 Å². The molecule has 0 unspecified atom stereocenters. The molecule has 0 fully saturated rings. The number of carbonyl (C=O) groups is 1. The molecule has 0 radical (unpaired) electrons. The molecule has 0 bridgehead atoms. The molecule has 5 heteroatoms. The molecular formula is C10H18FNO3. The van der Waals surface area contributed by atoms with Crippen molar-refractivity contribution in [3.05, 3.63) is 0 Å². The first kappa shape index (κ1) is 13.9. The van der Waals surface area contributed by atoms with E-state index in [-0.39, 0.29) is 13.2 Å². The molecule has 0 aliphatic rings. The van der Waals surface area contributed by atoms with Crippen LogP contribution in [0.1, 0.15) is 27.7 Å². The van der Waals surface area contributed by atoms with Gasteiger partial charge in [0.1, 0.15) is 0 Å². The SMILES string of the molecule is CCOC(=N)[C@](F)(C(=O)OCC)C(C)C. The second-order valence-electron chi connectivity index (χ2n) is 3.35. The van der Waals surface area contributed by atoms with Crippen LogP contribution in [0.2, 0.25) is 0 Å². The van der Waals surface area contributed by atoms with E-state index in [0.717, 1.165) is 0 Å². The summed E-state index contributed by atoms with van der Waals surface area (Å²) in [5.41, 5.74) is -2.48. The predicted octanol–water partition coefficient (Wildman–Crippen LogP) is 1.93. The lowest BCUT2D eigenvalue weighted by molar-refractivity contribution is -0.156. The topological polar surface area (TPSA) is 59.4 Å². The average Bonchev–Trinajstić information content (AvgIpc) is 2.16. The highest BCUT2D eigenvalue weighted by atomic mass is 19.1. The molecule has 88 valence electrons. The van der Waals surface area contributed by atoms with Crippen molar-refractivity contribution in [2.24, 2.45) is 5.92 Å². The minimum absolute atomic E-state index is 0.0800. The number of carbonyl (C=O) groups excluding carboxylic acids is 1. The maximum Gasteiger partial charge on any atom is 0.354 e. The quantitative estimate of drug-likeness (QED) is 0.436. The van der Waals surface area contributed by atoms with Gasteiger partial charge in [-0.25, -0.2) is 9.18 Å². The minimum atomic E-state index is -2.48. The molecular weight excluding hydrogens is 201 g/mol. The van der Waals surface area contributed by atoms with E-state index in [0.29, 0.717) is 0 Å². The molecule has 0 aromatic carbocycles. The number of hydrogen-bond donors (Lipinski definition) is 1. The number of nitrogens with one attached hydrogen (secondary N) is 1. The molecule has 0 aliphatic heterocycles. The van der Waals surface area contributed by atoms with Gasteiger partial charge in [-0.15, -0.1) is 0 Å². The summed E-state index contributed by atoms with van der Waals surface area (Å²) in [7, 11) is 0. The van der Waals surface area contributed by atoms with Crippen molar-refractivity contribution in [3.63, 3.8) is 0 Å². The van der Waals surface area contributed by atoms with E-state index in [1.165, 1.54) is 13.8 Å². The van der Waals surface area contributed by atoms with E-state index in [1.54, 1.807) is 13.8 Å². The maximum absolute atomic E-state index is 14.3. The highest BCUT2D eigenvalue weighted by Crippen LogP contribution is 2.26. The molecule has 15 heavy (non-hydrogen) atoms. The molecule has 0 saturated carbocycles. The number of hydrogen-bond acceptors (Lipinski definition) is 4. The zero-order chi connectivity index (χ0) is 12.1. The van der Waals surface area contributed by atoms with Crippen LogP contribution in [0.3, 0.4) is 0 Å². The van der Waals surface area contributed by atoms with Gasteiger partial charge in [0.2, 0.25) is 5.90 Å². The molecule has 0 heterocycles. The summed E-state index contributed by atoms with van der Waals surface area (Å²) in [5, 5.41) is 7.38. The largest absolute Gasteiger partial charge is 0.479 e. The fraction of sp³-hybridized carbons (Fsp3) is 0.800. The van der Waals surface area contributed by atoms with Gasteiger partial charge in [0.25, 0.3) is 5.67 Å². The van der Waals surface area contributed by atoms with Gasteiger partial charge < -0.3 is 9.47 Å². The van der Waals surface area contributed by atoms with Gasteiger partial charge in [0.15, 0.2) is 0 Å². The first-order valence-corrected chi connectivity index (χ1v) is 4.99. The van der Waals surface area contributed by atoms with Gasteiger partial charge in [-0.05, 0) is 13.8 Å². The molecule has 0 aromatic rings. The Hall–Kier alpha value is -1.13. The van der Waals surface area contributed by atoms with Gasteiger partial charge >= 0.3 is 5.97 Å². The van der Waals surface area contributed by atoms with Gasteiger partial charge in [0, 0.05) is 5.92 Å². The summed E-state index contributed by atoms with van der Waals surface area (Å²) >= 11 is 0. The zero-order valence-corrected chi connectivity index (χ0v) is 9.59. The second-order valence-corrected chi connectivity index (χ2v) is 3.35. The number of ether oxygens (including phenoxy) is 2. The molecule has 0 aliphatic carbocycles. The molecule has 1 N–H and O–H groups in total. The number of rotatable bonds is 5. The second kappa shape index (κ2) is 5.68. The Balaban J connectivity index is 4.88. The van der Waals surface area contributed by atoms with Crippen molar-refractivity contribution in [3.8, 4) is 0 Å². The third kappa shape index (κ3) is 2.91. The van der Waals surface area contributed by atoms with E-state index in [9.17, 15) is 9.18 Å².